The van der Waals surface area contributed by atoms with E-state index in [-0.39, 0.29) is 17.1 Å². The number of carboxylic acids is 1. The van der Waals surface area contributed by atoms with E-state index in [1.807, 2.05) is 0 Å². The van der Waals surface area contributed by atoms with Gasteiger partial charge in [0, 0.05) is 34.9 Å². The van der Waals surface area contributed by atoms with E-state index in [1.165, 1.54) is 18.2 Å². The number of carboxylic acid groups (broad SMARTS) is 1. The molecule has 36 heavy (non-hydrogen) atoms. The van der Waals surface area contributed by atoms with Crippen LogP contribution in [0.2, 0.25) is 5.02 Å². The molecular formula is C27H24ClF3N2O3. The Morgan fingerprint density at radius 2 is 1.81 bits per heavy atom. The van der Waals surface area contributed by atoms with E-state index in [0.717, 1.165) is 12.1 Å². The van der Waals surface area contributed by atoms with Gasteiger partial charge in [-0.15, -0.1) is 0 Å². The summed E-state index contributed by atoms with van der Waals surface area (Å²) in [7, 11) is 0. The molecule has 0 aliphatic heterocycles. The Balaban J connectivity index is 1.98. The average Bonchev–Trinajstić information content (AvgIpc) is 3.17. The van der Waals surface area contributed by atoms with Crippen LogP contribution in [0.25, 0.3) is 22.2 Å². The second kappa shape index (κ2) is 9.59. The van der Waals surface area contributed by atoms with Crippen molar-refractivity contribution in [2.75, 3.05) is 0 Å². The van der Waals surface area contributed by atoms with E-state index in [0.29, 0.717) is 33.4 Å². The van der Waals surface area contributed by atoms with Crippen LogP contribution in [-0.2, 0) is 16.1 Å². The molecule has 0 bridgehead atoms. The molecule has 0 saturated carbocycles. The molecule has 0 spiro atoms. The van der Waals surface area contributed by atoms with Crippen LogP contribution in [0.5, 0.6) is 0 Å². The first-order chi connectivity index (χ1) is 16.9. The van der Waals surface area contributed by atoms with Crippen LogP contribution in [-0.4, -0.2) is 26.2 Å². The lowest BCUT2D eigenvalue weighted by atomic mass is 9.92. The van der Waals surface area contributed by atoms with Gasteiger partial charge in [0.1, 0.15) is 11.5 Å². The van der Waals surface area contributed by atoms with Gasteiger partial charge < -0.3 is 14.4 Å². The largest absolute Gasteiger partial charge is 0.479 e. The van der Waals surface area contributed by atoms with Crippen molar-refractivity contribution < 1.29 is 27.8 Å². The van der Waals surface area contributed by atoms with Crippen LogP contribution in [0.1, 0.15) is 43.7 Å². The Labute approximate surface area is 211 Å². The molecule has 1 atom stereocenters. The minimum atomic E-state index is -1.38. The molecule has 0 amide bonds. The third-order valence-corrected chi connectivity index (χ3v) is 5.95. The smallest absolute Gasteiger partial charge is 0.337 e. The molecule has 0 aliphatic rings. The molecule has 2 aromatic carbocycles. The standard InChI is InChI=1S/C27H24ClF3N2O3/c1-14-22(24(26(34)35)36-27(2,3)4)23(16-6-7-18(28)20(30)12-16)17-9-10-33(25(17)32-14)13-15-5-8-19(29)21(31)11-15/h5-12,24H,13H2,1-4H3,(H,34,35). The molecule has 4 rings (SSSR count). The normalized spacial score (nSPS) is 12.8. The SMILES string of the molecule is Cc1nc2c(ccn2Cc2ccc(F)c(F)c2)c(-c2ccc(Cl)c(F)c2)c1C(OC(C)(C)C)C(=O)O. The summed E-state index contributed by atoms with van der Waals surface area (Å²) in [4.78, 5) is 17.0. The molecule has 1 unspecified atom stereocenters. The van der Waals surface area contributed by atoms with Gasteiger partial charge in [0.05, 0.1) is 10.6 Å². The molecule has 0 saturated heterocycles. The molecule has 4 aromatic rings. The number of carbonyl (C=O) groups is 1. The molecule has 5 nitrogen and oxygen atoms in total. The van der Waals surface area contributed by atoms with Gasteiger partial charge in [0.25, 0.3) is 0 Å². The highest BCUT2D eigenvalue weighted by Gasteiger charge is 2.33. The number of halogens is 4. The van der Waals surface area contributed by atoms with Gasteiger partial charge in [-0.25, -0.2) is 22.9 Å². The second-order valence-corrected chi connectivity index (χ2v) is 9.90. The monoisotopic (exact) mass is 516 g/mol. The van der Waals surface area contributed by atoms with Crippen LogP contribution in [0.15, 0.2) is 48.7 Å². The van der Waals surface area contributed by atoms with Gasteiger partial charge in [-0.3, -0.25) is 0 Å². The zero-order valence-corrected chi connectivity index (χ0v) is 20.8. The fourth-order valence-corrected chi connectivity index (χ4v) is 4.28. The summed E-state index contributed by atoms with van der Waals surface area (Å²) >= 11 is 5.91. The van der Waals surface area contributed by atoms with Crippen LogP contribution in [0, 0.1) is 24.4 Å². The van der Waals surface area contributed by atoms with Crippen LogP contribution in [0.3, 0.4) is 0 Å². The Morgan fingerprint density at radius 3 is 2.42 bits per heavy atom. The van der Waals surface area contributed by atoms with Crippen molar-refractivity contribution in [2.45, 2.75) is 45.9 Å². The summed E-state index contributed by atoms with van der Waals surface area (Å²) in [5.74, 6) is -3.78. The lowest BCUT2D eigenvalue weighted by Gasteiger charge is -2.28. The van der Waals surface area contributed by atoms with E-state index < -0.39 is 35.1 Å². The van der Waals surface area contributed by atoms with Gasteiger partial charge in [-0.2, -0.15) is 0 Å². The van der Waals surface area contributed by atoms with Crippen molar-refractivity contribution in [3.8, 4) is 11.1 Å². The van der Waals surface area contributed by atoms with Gasteiger partial charge >= 0.3 is 5.97 Å². The number of pyridine rings is 1. The first-order valence-electron chi connectivity index (χ1n) is 11.1. The van der Waals surface area contributed by atoms with Gasteiger partial charge in [0.2, 0.25) is 0 Å². The molecular weight excluding hydrogens is 493 g/mol. The molecule has 2 aromatic heterocycles. The molecule has 2 heterocycles. The van der Waals surface area contributed by atoms with Gasteiger partial charge in [-0.1, -0.05) is 23.7 Å². The van der Waals surface area contributed by atoms with E-state index in [2.05, 4.69) is 4.98 Å². The summed E-state index contributed by atoms with van der Waals surface area (Å²) in [6.07, 6.45) is 0.323. The number of aryl methyl sites for hydroxylation is 1. The number of aliphatic carboxylic acids is 1. The quantitative estimate of drug-likeness (QED) is 0.297. The van der Waals surface area contributed by atoms with E-state index in [9.17, 15) is 23.1 Å². The van der Waals surface area contributed by atoms with Crippen molar-refractivity contribution >= 4 is 28.6 Å². The number of benzene rings is 2. The fraction of sp³-hybridized carbons (Fsp3) is 0.259. The summed E-state index contributed by atoms with van der Waals surface area (Å²) < 4.78 is 49.3. The lowest BCUT2D eigenvalue weighted by molar-refractivity contribution is -0.160. The number of hydrogen-bond donors (Lipinski definition) is 1. The van der Waals surface area contributed by atoms with E-state index >= 15 is 0 Å². The maximum absolute atomic E-state index is 14.5. The van der Waals surface area contributed by atoms with Crippen LogP contribution < -0.4 is 0 Å². The third kappa shape index (κ3) is 5.10. The highest BCUT2D eigenvalue weighted by atomic mass is 35.5. The maximum Gasteiger partial charge on any atom is 0.337 e. The number of nitrogens with zero attached hydrogens (tertiary/aromatic N) is 2. The van der Waals surface area contributed by atoms with Crippen molar-refractivity contribution in [3.05, 3.63) is 88.0 Å². The fourth-order valence-electron chi connectivity index (χ4n) is 4.16. The predicted octanol–water partition coefficient (Wildman–Crippen LogP) is 7.07. The number of fused-ring (bicyclic) bond motifs is 1. The molecule has 0 fully saturated rings. The highest BCUT2D eigenvalue weighted by molar-refractivity contribution is 6.30. The summed E-state index contributed by atoms with van der Waals surface area (Å²) in [6.45, 7) is 7.06. The second-order valence-electron chi connectivity index (χ2n) is 9.49. The summed E-state index contributed by atoms with van der Waals surface area (Å²) in [6, 6.07) is 9.60. The van der Waals surface area contributed by atoms with E-state index in [1.54, 1.807) is 50.6 Å². The van der Waals surface area contributed by atoms with Gasteiger partial charge in [-0.05, 0) is 69.2 Å². The first-order valence-corrected chi connectivity index (χ1v) is 11.5. The van der Waals surface area contributed by atoms with Crippen molar-refractivity contribution in [1.82, 2.24) is 9.55 Å². The minimum absolute atomic E-state index is 0.0704. The number of rotatable bonds is 6. The van der Waals surface area contributed by atoms with Crippen molar-refractivity contribution in [3.63, 3.8) is 0 Å². The zero-order valence-electron chi connectivity index (χ0n) is 20.1. The molecule has 0 aliphatic carbocycles. The summed E-state index contributed by atoms with van der Waals surface area (Å²) in [5, 5.41) is 10.6. The zero-order chi connectivity index (χ0) is 26.4. The Hall–Kier alpha value is -3.36. The van der Waals surface area contributed by atoms with Crippen molar-refractivity contribution in [2.24, 2.45) is 0 Å². The topological polar surface area (TPSA) is 64.4 Å². The molecule has 0 radical (unpaired) electrons. The summed E-state index contributed by atoms with van der Waals surface area (Å²) in [5.41, 5.74) is 1.67. The van der Waals surface area contributed by atoms with Crippen molar-refractivity contribution in [1.29, 1.82) is 0 Å². The number of aromatic nitrogens is 2. The average molecular weight is 517 g/mol. The number of hydrogen-bond acceptors (Lipinski definition) is 3. The van der Waals surface area contributed by atoms with Crippen LogP contribution >= 0.6 is 11.6 Å². The third-order valence-electron chi connectivity index (χ3n) is 5.64. The molecule has 1 N–H and O–H groups in total. The first kappa shape index (κ1) is 25.7. The molecule has 9 heteroatoms. The Morgan fingerprint density at radius 1 is 1.08 bits per heavy atom. The lowest BCUT2D eigenvalue weighted by Crippen LogP contribution is -2.28. The Bertz CT molecular complexity index is 1480. The minimum Gasteiger partial charge on any atom is -0.479 e. The van der Waals surface area contributed by atoms with E-state index in [4.69, 9.17) is 16.3 Å². The molecule has 188 valence electrons. The number of ether oxygens (including phenoxy) is 1. The predicted molar refractivity (Wildman–Crippen MR) is 132 cm³/mol. The highest BCUT2D eigenvalue weighted by Crippen LogP contribution is 2.40. The van der Waals surface area contributed by atoms with Crippen LogP contribution in [0.4, 0.5) is 13.2 Å². The maximum atomic E-state index is 14.5. The Kier molecular flexibility index (Phi) is 6.86. The van der Waals surface area contributed by atoms with Gasteiger partial charge in [0.15, 0.2) is 17.7 Å².